The molecule has 0 spiro atoms. The van der Waals surface area contributed by atoms with Crippen molar-refractivity contribution >= 4 is 0 Å². The Balaban J connectivity index is 1.84. The number of hydrogen-bond donors (Lipinski definition) is 1. The Bertz CT molecular complexity index is 394. The molecule has 1 aromatic carbocycles. The molecule has 2 rings (SSSR count). The molecule has 0 aromatic heterocycles. The van der Waals surface area contributed by atoms with E-state index in [-0.39, 0.29) is 0 Å². The first kappa shape index (κ1) is 15.4. The quantitative estimate of drug-likeness (QED) is 0.732. The SMILES string of the molecule is CCCCC(CCc1ccc2c(c1)CCO2)NCCC. The fraction of sp³-hybridized carbons (Fsp3) is 0.667. The first-order valence-corrected chi connectivity index (χ1v) is 8.31. The Morgan fingerprint density at radius 1 is 1.20 bits per heavy atom. The number of aryl methyl sites for hydroxylation is 1. The van der Waals surface area contributed by atoms with Crippen LogP contribution in [0.15, 0.2) is 18.2 Å². The van der Waals surface area contributed by atoms with E-state index in [0.717, 1.165) is 25.3 Å². The molecule has 0 bridgehead atoms. The highest BCUT2D eigenvalue weighted by atomic mass is 16.5. The molecule has 1 aliphatic heterocycles. The molecule has 0 fully saturated rings. The first-order chi connectivity index (χ1) is 9.83. The van der Waals surface area contributed by atoms with Crippen LogP contribution in [0.3, 0.4) is 0 Å². The molecule has 0 saturated carbocycles. The number of nitrogens with one attached hydrogen (secondary N) is 1. The van der Waals surface area contributed by atoms with Gasteiger partial charge in [0.25, 0.3) is 0 Å². The van der Waals surface area contributed by atoms with Crippen LogP contribution in [-0.4, -0.2) is 19.2 Å². The van der Waals surface area contributed by atoms with Gasteiger partial charge in [0.05, 0.1) is 6.61 Å². The highest BCUT2D eigenvalue weighted by Crippen LogP contribution is 2.26. The maximum absolute atomic E-state index is 5.57. The lowest BCUT2D eigenvalue weighted by molar-refractivity contribution is 0.357. The first-order valence-electron chi connectivity index (χ1n) is 8.31. The van der Waals surface area contributed by atoms with Crippen molar-refractivity contribution in [3.8, 4) is 5.75 Å². The molecule has 20 heavy (non-hydrogen) atoms. The second-order valence-corrected chi connectivity index (χ2v) is 5.87. The number of benzene rings is 1. The number of hydrogen-bond acceptors (Lipinski definition) is 2. The van der Waals surface area contributed by atoms with E-state index >= 15 is 0 Å². The van der Waals surface area contributed by atoms with E-state index in [1.54, 1.807) is 0 Å². The van der Waals surface area contributed by atoms with E-state index in [9.17, 15) is 0 Å². The number of unbranched alkanes of at least 4 members (excludes halogenated alkanes) is 1. The van der Waals surface area contributed by atoms with Crippen LogP contribution in [-0.2, 0) is 12.8 Å². The number of rotatable bonds is 9. The zero-order valence-corrected chi connectivity index (χ0v) is 13.1. The Hall–Kier alpha value is -1.02. The van der Waals surface area contributed by atoms with Crippen molar-refractivity contribution in [3.63, 3.8) is 0 Å². The molecule has 0 radical (unpaired) electrons. The second kappa shape index (κ2) is 8.31. The molecule has 0 amide bonds. The summed E-state index contributed by atoms with van der Waals surface area (Å²) in [5.41, 5.74) is 2.86. The third-order valence-electron chi connectivity index (χ3n) is 4.12. The second-order valence-electron chi connectivity index (χ2n) is 5.87. The van der Waals surface area contributed by atoms with Crippen molar-refractivity contribution in [3.05, 3.63) is 29.3 Å². The van der Waals surface area contributed by atoms with E-state index in [4.69, 9.17) is 4.74 Å². The van der Waals surface area contributed by atoms with Gasteiger partial charge in [-0.25, -0.2) is 0 Å². The molecule has 1 atom stereocenters. The molecular formula is C18H29NO. The van der Waals surface area contributed by atoms with Crippen molar-refractivity contribution in [2.24, 2.45) is 0 Å². The van der Waals surface area contributed by atoms with Crippen molar-refractivity contribution in [2.45, 2.75) is 64.8 Å². The largest absolute Gasteiger partial charge is 0.493 e. The average Bonchev–Trinajstić information content (AvgIpc) is 2.94. The third-order valence-corrected chi connectivity index (χ3v) is 4.12. The van der Waals surface area contributed by atoms with E-state index in [2.05, 4.69) is 37.4 Å². The Morgan fingerprint density at radius 2 is 2.10 bits per heavy atom. The van der Waals surface area contributed by atoms with Crippen LogP contribution in [0.4, 0.5) is 0 Å². The Labute approximate surface area is 123 Å². The third kappa shape index (κ3) is 4.52. The van der Waals surface area contributed by atoms with E-state index in [1.807, 2.05) is 0 Å². The summed E-state index contributed by atoms with van der Waals surface area (Å²) < 4.78 is 5.57. The minimum Gasteiger partial charge on any atom is -0.493 e. The molecule has 0 aliphatic carbocycles. The van der Waals surface area contributed by atoms with Gasteiger partial charge in [0.2, 0.25) is 0 Å². The number of fused-ring (bicyclic) bond motifs is 1. The normalized spacial score (nSPS) is 14.9. The highest BCUT2D eigenvalue weighted by Gasteiger charge is 2.13. The summed E-state index contributed by atoms with van der Waals surface area (Å²) in [6.45, 7) is 6.52. The smallest absolute Gasteiger partial charge is 0.122 e. The summed E-state index contributed by atoms with van der Waals surface area (Å²) in [6.07, 6.45) is 8.66. The molecule has 1 N–H and O–H groups in total. The molecule has 2 heteroatoms. The standard InChI is InChI=1S/C18H29NO/c1-3-5-6-17(19-12-4-2)9-7-15-8-10-18-16(14-15)11-13-20-18/h8,10,14,17,19H,3-7,9,11-13H2,1-2H3. The van der Waals surface area contributed by atoms with Crippen LogP contribution in [0.25, 0.3) is 0 Å². The molecule has 1 aliphatic rings. The fourth-order valence-electron chi connectivity index (χ4n) is 2.88. The highest BCUT2D eigenvalue weighted by molar-refractivity contribution is 5.39. The topological polar surface area (TPSA) is 21.3 Å². The average molecular weight is 275 g/mol. The van der Waals surface area contributed by atoms with Crippen molar-refractivity contribution in [2.75, 3.05) is 13.2 Å². The molecule has 1 unspecified atom stereocenters. The van der Waals surface area contributed by atoms with Crippen molar-refractivity contribution in [1.29, 1.82) is 0 Å². The Morgan fingerprint density at radius 3 is 2.90 bits per heavy atom. The molecule has 1 heterocycles. The maximum Gasteiger partial charge on any atom is 0.122 e. The van der Waals surface area contributed by atoms with Crippen LogP contribution in [0.1, 0.15) is 57.1 Å². The van der Waals surface area contributed by atoms with Crippen LogP contribution in [0, 0.1) is 0 Å². The fourth-order valence-corrected chi connectivity index (χ4v) is 2.88. The summed E-state index contributed by atoms with van der Waals surface area (Å²) in [5.74, 6) is 1.10. The van der Waals surface area contributed by atoms with Gasteiger partial charge in [0.15, 0.2) is 0 Å². The Kier molecular flexibility index (Phi) is 6.38. The summed E-state index contributed by atoms with van der Waals surface area (Å²) in [7, 11) is 0. The lowest BCUT2D eigenvalue weighted by Crippen LogP contribution is -2.30. The van der Waals surface area contributed by atoms with Gasteiger partial charge < -0.3 is 10.1 Å². The van der Waals surface area contributed by atoms with E-state index in [0.29, 0.717) is 6.04 Å². The maximum atomic E-state index is 5.57. The van der Waals surface area contributed by atoms with E-state index in [1.165, 1.54) is 49.7 Å². The molecule has 112 valence electrons. The predicted octanol–water partition coefficient (Wildman–Crippen LogP) is 4.11. The van der Waals surface area contributed by atoms with Crippen LogP contribution in [0.2, 0.25) is 0 Å². The molecule has 2 nitrogen and oxygen atoms in total. The van der Waals surface area contributed by atoms with Gasteiger partial charge in [-0.2, -0.15) is 0 Å². The van der Waals surface area contributed by atoms with Gasteiger partial charge in [0.1, 0.15) is 5.75 Å². The summed E-state index contributed by atoms with van der Waals surface area (Å²) in [6, 6.07) is 7.41. The van der Waals surface area contributed by atoms with Crippen molar-refractivity contribution in [1.82, 2.24) is 5.32 Å². The van der Waals surface area contributed by atoms with Crippen molar-refractivity contribution < 1.29 is 4.74 Å². The minimum absolute atomic E-state index is 0.680. The van der Waals surface area contributed by atoms with E-state index < -0.39 is 0 Å². The van der Waals surface area contributed by atoms with Crippen LogP contribution < -0.4 is 10.1 Å². The monoisotopic (exact) mass is 275 g/mol. The van der Waals surface area contributed by atoms with Gasteiger partial charge in [-0.05, 0) is 49.4 Å². The van der Waals surface area contributed by atoms with Gasteiger partial charge in [-0.1, -0.05) is 38.8 Å². The van der Waals surface area contributed by atoms with Crippen LogP contribution >= 0.6 is 0 Å². The lowest BCUT2D eigenvalue weighted by Gasteiger charge is -2.18. The van der Waals surface area contributed by atoms with Gasteiger partial charge in [-0.3, -0.25) is 0 Å². The zero-order valence-electron chi connectivity index (χ0n) is 13.1. The van der Waals surface area contributed by atoms with Crippen LogP contribution in [0.5, 0.6) is 5.75 Å². The zero-order chi connectivity index (χ0) is 14.2. The molecule has 0 saturated heterocycles. The van der Waals surface area contributed by atoms with Gasteiger partial charge in [0, 0.05) is 12.5 Å². The summed E-state index contributed by atoms with van der Waals surface area (Å²) in [4.78, 5) is 0. The molecule has 1 aromatic rings. The van der Waals surface area contributed by atoms with Gasteiger partial charge >= 0.3 is 0 Å². The summed E-state index contributed by atoms with van der Waals surface area (Å²) in [5, 5.41) is 3.70. The summed E-state index contributed by atoms with van der Waals surface area (Å²) >= 11 is 0. The van der Waals surface area contributed by atoms with Gasteiger partial charge in [-0.15, -0.1) is 0 Å². The minimum atomic E-state index is 0.680. The predicted molar refractivity (Wildman–Crippen MR) is 85.6 cm³/mol. The lowest BCUT2D eigenvalue weighted by atomic mass is 9.99. The number of ether oxygens (including phenoxy) is 1. The molecular weight excluding hydrogens is 246 g/mol.